The fraction of sp³-hybridized carbons (Fsp3) is 0.778. The van der Waals surface area contributed by atoms with Crippen molar-refractivity contribution in [3.63, 3.8) is 0 Å². The van der Waals surface area contributed by atoms with E-state index in [1.807, 2.05) is 0 Å². The third-order valence-corrected chi connectivity index (χ3v) is 3.01. The molecule has 3 N–H and O–H groups in total. The van der Waals surface area contributed by atoms with Crippen LogP contribution in [0, 0.1) is 5.92 Å². The van der Waals surface area contributed by atoms with Gasteiger partial charge in [0.2, 0.25) is 5.91 Å². The number of rotatable bonds is 4. The average Bonchev–Trinajstić information content (AvgIpc) is 2.88. The minimum absolute atomic E-state index is 0. The third-order valence-electron chi connectivity index (χ3n) is 3.01. The summed E-state index contributed by atoms with van der Waals surface area (Å²) in [5.74, 6) is 0.357. The van der Waals surface area contributed by atoms with E-state index in [0.717, 1.165) is 19.3 Å². The lowest BCUT2D eigenvalue weighted by molar-refractivity contribution is -0.122. The standard InChI is InChI=1S/C9H16N6O.ClH/c10-4-7-2-1-3-8(7)12-9(16)5-15-6-11-13-14-15;/h6-8H,1-5,10H2,(H,12,16);1H. The van der Waals surface area contributed by atoms with Gasteiger partial charge in [0, 0.05) is 6.04 Å². The molecule has 0 radical (unpaired) electrons. The SMILES string of the molecule is Cl.NCC1CCCC1NC(=O)Cn1cnnn1. The molecule has 2 rings (SSSR count). The van der Waals surface area contributed by atoms with E-state index in [0.29, 0.717) is 12.5 Å². The number of hydrogen-bond donors (Lipinski definition) is 2. The molecule has 1 aliphatic rings. The summed E-state index contributed by atoms with van der Waals surface area (Å²) in [6, 6.07) is 0.217. The molecule has 0 saturated heterocycles. The molecule has 1 aliphatic carbocycles. The predicted molar refractivity (Wildman–Crippen MR) is 63.4 cm³/mol. The van der Waals surface area contributed by atoms with Crippen molar-refractivity contribution in [3.8, 4) is 0 Å². The lowest BCUT2D eigenvalue weighted by Gasteiger charge is -2.19. The molecule has 1 saturated carbocycles. The van der Waals surface area contributed by atoms with Gasteiger partial charge >= 0.3 is 0 Å². The normalized spacial score (nSPS) is 23.1. The van der Waals surface area contributed by atoms with Gasteiger partial charge in [0.1, 0.15) is 12.9 Å². The van der Waals surface area contributed by atoms with Crippen molar-refractivity contribution in [2.75, 3.05) is 6.54 Å². The molecule has 1 aromatic heterocycles. The van der Waals surface area contributed by atoms with Crippen molar-refractivity contribution in [1.29, 1.82) is 0 Å². The first-order chi connectivity index (χ1) is 7.79. The summed E-state index contributed by atoms with van der Waals surface area (Å²) in [6.07, 6.45) is 4.68. The third kappa shape index (κ3) is 3.64. The van der Waals surface area contributed by atoms with Crippen LogP contribution in [0.15, 0.2) is 6.33 Å². The molecular weight excluding hydrogens is 244 g/mol. The number of halogens is 1. The molecule has 1 amide bonds. The van der Waals surface area contributed by atoms with Crippen molar-refractivity contribution in [1.82, 2.24) is 25.5 Å². The van der Waals surface area contributed by atoms with Crippen molar-refractivity contribution in [2.45, 2.75) is 31.8 Å². The zero-order chi connectivity index (χ0) is 11.4. The number of nitrogens with two attached hydrogens (primary N) is 1. The van der Waals surface area contributed by atoms with Crippen LogP contribution in [0.1, 0.15) is 19.3 Å². The molecule has 1 aromatic rings. The van der Waals surface area contributed by atoms with E-state index in [9.17, 15) is 4.79 Å². The number of tetrazole rings is 1. The Morgan fingerprint density at radius 2 is 2.35 bits per heavy atom. The predicted octanol–water partition coefficient (Wildman–Crippen LogP) is -0.661. The number of nitrogens with zero attached hydrogens (tertiary/aromatic N) is 4. The smallest absolute Gasteiger partial charge is 0.242 e. The summed E-state index contributed by atoms with van der Waals surface area (Å²) in [5, 5.41) is 13.6. The summed E-state index contributed by atoms with van der Waals surface area (Å²) >= 11 is 0. The molecule has 0 aliphatic heterocycles. The highest BCUT2D eigenvalue weighted by molar-refractivity contribution is 5.85. The van der Waals surface area contributed by atoms with Gasteiger partial charge in [-0.3, -0.25) is 4.79 Å². The van der Waals surface area contributed by atoms with Crippen LogP contribution in [0.3, 0.4) is 0 Å². The zero-order valence-electron chi connectivity index (χ0n) is 9.45. The zero-order valence-corrected chi connectivity index (χ0v) is 10.3. The number of carbonyl (C=O) groups excluding carboxylic acids is 1. The largest absolute Gasteiger partial charge is 0.351 e. The van der Waals surface area contributed by atoms with Crippen molar-refractivity contribution in [2.24, 2.45) is 11.7 Å². The van der Waals surface area contributed by atoms with Crippen LogP contribution in [0.4, 0.5) is 0 Å². The van der Waals surface area contributed by atoms with E-state index in [4.69, 9.17) is 5.73 Å². The maximum Gasteiger partial charge on any atom is 0.242 e. The number of carbonyl (C=O) groups is 1. The van der Waals surface area contributed by atoms with E-state index in [1.54, 1.807) is 0 Å². The Morgan fingerprint density at radius 1 is 1.53 bits per heavy atom. The van der Waals surface area contributed by atoms with Crippen LogP contribution in [-0.2, 0) is 11.3 Å². The first-order valence-electron chi connectivity index (χ1n) is 5.50. The number of nitrogens with one attached hydrogen (secondary N) is 1. The number of aromatic nitrogens is 4. The Hall–Kier alpha value is -1.21. The summed E-state index contributed by atoms with van der Waals surface area (Å²) in [5.41, 5.74) is 5.65. The molecule has 1 heterocycles. The van der Waals surface area contributed by atoms with E-state index < -0.39 is 0 Å². The highest BCUT2D eigenvalue weighted by atomic mass is 35.5. The van der Waals surface area contributed by atoms with Gasteiger partial charge in [-0.2, -0.15) is 0 Å². The van der Waals surface area contributed by atoms with Gasteiger partial charge < -0.3 is 11.1 Å². The Labute approximate surface area is 106 Å². The van der Waals surface area contributed by atoms with Gasteiger partial charge in [-0.25, -0.2) is 4.68 Å². The summed E-state index contributed by atoms with van der Waals surface area (Å²) in [4.78, 5) is 11.7. The van der Waals surface area contributed by atoms with Crippen molar-refractivity contribution in [3.05, 3.63) is 6.33 Å². The molecule has 7 nitrogen and oxygen atoms in total. The molecule has 0 spiro atoms. The van der Waals surface area contributed by atoms with Gasteiger partial charge in [-0.05, 0) is 35.7 Å². The van der Waals surface area contributed by atoms with Gasteiger partial charge in [-0.15, -0.1) is 17.5 Å². The molecule has 17 heavy (non-hydrogen) atoms. The van der Waals surface area contributed by atoms with Crippen LogP contribution in [0.5, 0.6) is 0 Å². The Balaban J connectivity index is 0.00000144. The molecule has 0 aromatic carbocycles. The van der Waals surface area contributed by atoms with Gasteiger partial charge in [0.05, 0.1) is 0 Å². The molecule has 8 heteroatoms. The van der Waals surface area contributed by atoms with E-state index in [1.165, 1.54) is 11.0 Å². The first kappa shape index (κ1) is 13.9. The highest BCUT2D eigenvalue weighted by Gasteiger charge is 2.27. The second-order valence-electron chi connectivity index (χ2n) is 4.11. The summed E-state index contributed by atoms with van der Waals surface area (Å²) in [6.45, 7) is 0.802. The van der Waals surface area contributed by atoms with E-state index in [-0.39, 0.29) is 30.9 Å². The maximum absolute atomic E-state index is 11.7. The van der Waals surface area contributed by atoms with E-state index in [2.05, 4.69) is 20.8 Å². The van der Waals surface area contributed by atoms with E-state index >= 15 is 0 Å². The lowest BCUT2D eigenvalue weighted by Crippen LogP contribution is -2.41. The second kappa shape index (κ2) is 6.51. The molecule has 1 fully saturated rings. The summed E-state index contributed by atoms with van der Waals surface area (Å²) in [7, 11) is 0. The monoisotopic (exact) mass is 260 g/mol. The Kier molecular flexibility index (Phi) is 5.30. The fourth-order valence-corrected chi connectivity index (χ4v) is 2.16. The van der Waals surface area contributed by atoms with Crippen LogP contribution in [0.25, 0.3) is 0 Å². The van der Waals surface area contributed by atoms with Gasteiger partial charge in [-0.1, -0.05) is 6.42 Å². The van der Waals surface area contributed by atoms with Crippen LogP contribution >= 0.6 is 12.4 Å². The van der Waals surface area contributed by atoms with Crippen molar-refractivity contribution >= 4 is 18.3 Å². The lowest BCUT2D eigenvalue weighted by atomic mass is 10.0. The maximum atomic E-state index is 11.7. The minimum Gasteiger partial charge on any atom is -0.351 e. The van der Waals surface area contributed by atoms with Gasteiger partial charge in [0.25, 0.3) is 0 Å². The second-order valence-corrected chi connectivity index (χ2v) is 4.11. The highest BCUT2D eigenvalue weighted by Crippen LogP contribution is 2.24. The number of amides is 1. The number of hydrogen-bond acceptors (Lipinski definition) is 5. The van der Waals surface area contributed by atoms with Crippen molar-refractivity contribution < 1.29 is 4.79 Å². The molecule has 2 unspecified atom stereocenters. The minimum atomic E-state index is -0.0577. The molecule has 2 atom stereocenters. The topological polar surface area (TPSA) is 98.7 Å². The molecule has 0 bridgehead atoms. The van der Waals surface area contributed by atoms with Crippen LogP contribution in [0.2, 0.25) is 0 Å². The molecule has 96 valence electrons. The van der Waals surface area contributed by atoms with Crippen LogP contribution in [-0.4, -0.2) is 38.7 Å². The van der Waals surface area contributed by atoms with Gasteiger partial charge in [0.15, 0.2) is 0 Å². The average molecular weight is 261 g/mol. The first-order valence-corrected chi connectivity index (χ1v) is 5.50. The fourth-order valence-electron chi connectivity index (χ4n) is 2.16. The quantitative estimate of drug-likeness (QED) is 0.749. The summed E-state index contributed by atoms with van der Waals surface area (Å²) < 4.78 is 1.40. The Morgan fingerprint density at radius 3 is 3.00 bits per heavy atom. The van der Waals surface area contributed by atoms with Crippen LogP contribution < -0.4 is 11.1 Å². The molecular formula is C9H17ClN6O. The Bertz CT molecular complexity index is 343.